The number of rotatable bonds is 6. The maximum Gasteiger partial charge on any atom is 0.254 e. The monoisotopic (exact) mass is 374 g/mol. The van der Waals surface area contributed by atoms with Crippen molar-refractivity contribution in [3.05, 3.63) is 29.8 Å². The van der Waals surface area contributed by atoms with Crippen molar-refractivity contribution >= 4 is 40.3 Å². The summed E-state index contributed by atoms with van der Waals surface area (Å²) in [5, 5.41) is 3.38. The molecule has 1 heterocycles. The van der Waals surface area contributed by atoms with E-state index in [1.165, 1.54) is 21.6 Å². The van der Waals surface area contributed by atoms with E-state index in [1.54, 1.807) is 7.05 Å². The first-order valence-electron chi connectivity index (χ1n) is 8.54. The van der Waals surface area contributed by atoms with Gasteiger partial charge in [-0.3, -0.25) is 24.3 Å². The van der Waals surface area contributed by atoms with Gasteiger partial charge in [-0.05, 0) is 31.9 Å². The smallest absolute Gasteiger partial charge is 0.254 e. The summed E-state index contributed by atoms with van der Waals surface area (Å²) >= 11 is 1.22. The fourth-order valence-electron chi connectivity index (χ4n) is 2.48. The van der Waals surface area contributed by atoms with Crippen LogP contribution in [0.15, 0.2) is 29.3 Å². The number of likely N-dealkylation sites (N-methyl/N-ethyl adjacent to an activating group) is 1. The summed E-state index contributed by atoms with van der Waals surface area (Å²) in [6.45, 7) is 2.11. The van der Waals surface area contributed by atoms with Gasteiger partial charge in [0.25, 0.3) is 5.91 Å². The fraction of sp³-hybridized carbons (Fsp3) is 0.444. The number of anilines is 1. The largest absolute Gasteiger partial charge is 0.352 e. The maximum absolute atomic E-state index is 12.3. The van der Waals surface area contributed by atoms with E-state index < -0.39 is 0 Å². The Labute approximate surface area is 156 Å². The SMILES string of the molecule is Cc1ccc(N2C(=O)CN=C2SCC(=O)N(C)CC(=O)NC2CC2)cc1. The first-order chi connectivity index (χ1) is 12.4. The summed E-state index contributed by atoms with van der Waals surface area (Å²) in [5.74, 6) is -0.294. The Morgan fingerprint density at radius 1 is 1.31 bits per heavy atom. The van der Waals surface area contributed by atoms with Crippen LogP contribution in [-0.4, -0.2) is 59.7 Å². The molecule has 3 amide bonds. The average molecular weight is 374 g/mol. The molecular formula is C18H22N4O3S. The fourth-order valence-corrected chi connectivity index (χ4v) is 3.45. The summed E-state index contributed by atoms with van der Waals surface area (Å²) in [6, 6.07) is 7.87. The molecule has 1 aromatic carbocycles. The molecule has 0 atom stereocenters. The minimum Gasteiger partial charge on any atom is -0.352 e. The molecule has 0 bridgehead atoms. The number of thioether (sulfide) groups is 1. The van der Waals surface area contributed by atoms with Crippen LogP contribution in [0.4, 0.5) is 5.69 Å². The van der Waals surface area contributed by atoms with Crippen molar-refractivity contribution in [2.24, 2.45) is 4.99 Å². The molecule has 1 aliphatic carbocycles. The molecule has 0 saturated heterocycles. The number of hydrogen-bond acceptors (Lipinski definition) is 5. The first kappa shape index (κ1) is 18.4. The van der Waals surface area contributed by atoms with Crippen molar-refractivity contribution in [3.8, 4) is 0 Å². The lowest BCUT2D eigenvalue weighted by Gasteiger charge is -2.20. The Balaban J connectivity index is 1.53. The molecular weight excluding hydrogens is 352 g/mol. The summed E-state index contributed by atoms with van der Waals surface area (Å²) in [6.07, 6.45) is 2.03. The number of aliphatic imine (C=N–C) groups is 1. The van der Waals surface area contributed by atoms with Gasteiger partial charge in [0, 0.05) is 13.1 Å². The second-order valence-corrected chi connectivity index (χ2v) is 7.49. The van der Waals surface area contributed by atoms with Crippen LogP contribution in [0, 0.1) is 6.92 Å². The van der Waals surface area contributed by atoms with E-state index in [0.717, 1.165) is 24.1 Å². The van der Waals surface area contributed by atoms with Gasteiger partial charge in [-0.2, -0.15) is 0 Å². The van der Waals surface area contributed by atoms with Crippen LogP contribution in [0.5, 0.6) is 0 Å². The molecule has 138 valence electrons. The molecule has 0 unspecified atom stereocenters. The second kappa shape index (κ2) is 7.90. The number of nitrogens with zero attached hydrogens (tertiary/aromatic N) is 3. The Bertz CT molecular complexity index is 743. The quantitative estimate of drug-likeness (QED) is 0.810. The molecule has 1 fully saturated rings. The van der Waals surface area contributed by atoms with Crippen LogP contribution >= 0.6 is 11.8 Å². The van der Waals surface area contributed by atoms with Gasteiger partial charge >= 0.3 is 0 Å². The van der Waals surface area contributed by atoms with Gasteiger partial charge in [-0.1, -0.05) is 29.5 Å². The summed E-state index contributed by atoms with van der Waals surface area (Å²) in [7, 11) is 1.61. The Kier molecular flexibility index (Phi) is 5.61. The highest BCUT2D eigenvalue weighted by Gasteiger charge is 2.29. The van der Waals surface area contributed by atoms with Gasteiger partial charge in [0.2, 0.25) is 11.8 Å². The Morgan fingerprint density at radius 3 is 2.65 bits per heavy atom. The minimum absolute atomic E-state index is 0.0446. The van der Waals surface area contributed by atoms with Gasteiger partial charge in [0.1, 0.15) is 6.54 Å². The van der Waals surface area contributed by atoms with Crippen molar-refractivity contribution in [2.75, 3.05) is 30.8 Å². The van der Waals surface area contributed by atoms with Crippen LogP contribution in [-0.2, 0) is 14.4 Å². The topological polar surface area (TPSA) is 82.1 Å². The third kappa shape index (κ3) is 4.63. The van der Waals surface area contributed by atoms with Gasteiger partial charge in [-0.15, -0.1) is 0 Å². The lowest BCUT2D eigenvalue weighted by atomic mass is 10.2. The Morgan fingerprint density at radius 2 is 2.00 bits per heavy atom. The summed E-state index contributed by atoms with van der Waals surface area (Å²) in [5.41, 5.74) is 1.85. The molecule has 3 rings (SSSR count). The van der Waals surface area contributed by atoms with Crippen LogP contribution < -0.4 is 10.2 Å². The number of aryl methyl sites for hydroxylation is 1. The molecule has 1 aromatic rings. The number of amides is 3. The van der Waals surface area contributed by atoms with E-state index in [0.29, 0.717) is 5.17 Å². The van der Waals surface area contributed by atoms with Crippen molar-refractivity contribution < 1.29 is 14.4 Å². The molecule has 7 nitrogen and oxygen atoms in total. The van der Waals surface area contributed by atoms with Gasteiger partial charge in [0.15, 0.2) is 5.17 Å². The summed E-state index contributed by atoms with van der Waals surface area (Å²) < 4.78 is 0. The molecule has 1 aliphatic heterocycles. The molecule has 1 N–H and O–H groups in total. The zero-order valence-corrected chi connectivity index (χ0v) is 15.7. The third-order valence-electron chi connectivity index (χ3n) is 4.16. The average Bonchev–Trinajstić information content (AvgIpc) is 3.34. The normalized spacial score (nSPS) is 16.5. The number of carbonyl (C=O) groups is 3. The third-order valence-corrected chi connectivity index (χ3v) is 5.12. The van der Waals surface area contributed by atoms with Crippen LogP contribution in [0.1, 0.15) is 18.4 Å². The van der Waals surface area contributed by atoms with E-state index in [-0.39, 0.29) is 42.6 Å². The van der Waals surface area contributed by atoms with E-state index in [9.17, 15) is 14.4 Å². The minimum atomic E-state index is -0.174. The van der Waals surface area contributed by atoms with Crippen molar-refractivity contribution in [1.82, 2.24) is 10.2 Å². The predicted molar refractivity (Wildman–Crippen MR) is 102 cm³/mol. The molecule has 0 aromatic heterocycles. The number of amidine groups is 1. The molecule has 0 spiro atoms. The first-order valence-corrected chi connectivity index (χ1v) is 9.53. The van der Waals surface area contributed by atoms with E-state index in [4.69, 9.17) is 0 Å². The summed E-state index contributed by atoms with van der Waals surface area (Å²) in [4.78, 5) is 43.4. The predicted octanol–water partition coefficient (Wildman–Crippen LogP) is 1.17. The zero-order chi connectivity index (χ0) is 18.7. The van der Waals surface area contributed by atoms with Crippen LogP contribution in [0.25, 0.3) is 0 Å². The van der Waals surface area contributed by atoms with Crippen LogP contribution in [0.3, 0.4) is 0 Å². The maximum atomic E-state index is 12.3. The van der Waals surface area contributed by atoms with Crippen LogP contribution in [0.2, 0.25) is 0 Å². The number of nitrogens with one attached hydrogen (secondary N) is 1. The van der Waals surface area contributed by atoms with E-state index in [2.05, 4.69) is 10.3 Å². The lowest BCUT2D eigenvalue weighted by Crippen LogP contribution is -2.40. The Hall–Kier alpha value is -2.35. The number of carbonyl (C=O) groups excluding carboxylic acids is 3. The highest BCUT2D eigenvalue weighted by molar-refractivity contribution is 8.14. The van der Waals surface area contributed by atoms with E-state index in [1.807, 2.05) is 31.2 Å². The van der Waals surface area contributed by atoms with Gasteiger partial charge < -0.3 is 10.2 Å². The van der Waals surface area contributed by atoms with Crippen molar-refractivity contribution in [1.29, 1.82) is 0 Å². The zero-order valence-electron chi connectivity index (χ0n) is 14.9. The molecule has 8 heteroatoms. The highest BCUT2D eigenvalue weighted by atomic mass is 32.2. The standard InChI is InChI=1S/C18H22N4O3S/c1-12-3-7-14(8-4-12)22-16(24)9-19-18(22)26-11-17(25)21(2)10-15(23)20-13-5-6-13/h3-4,7-8,13H,5-6,9-11H2,1-2H3,(H,20,23). The molecule has 0 radical (unpaired) electrons. The second-order valence-electron chi connectivity index (χ2n) is 6.54. The molecule has 26 heavy (non-hydrogen) atoms. The number of hydrogen-bond donors (Lipinski definition) is 1. The van der Waals surface area contributed by atoms with Gasteiger partial charge in [0.05, 0.1) is 18.0 Å². The number of benzene rings is 1. The van der Waals surface area contributed by atoms with Gasteiger partial charge in [-0.25, -0.2) is 0 Å². The lowest BCUT2D eigenvalue weighted by molar-refractivity contribution is -0.132. The highest BCUT2D eigenvalue weighted by Crippen LogP contribution is 2.24. The van der Waals surface area contributed by atoms with E-state index >= 15 is 0 Å². The van der Waals surface area contributed by atoms with Crippen molar-refractivity contribution in [2.45, 2.75) is 25.8 Å². The molecule has 2 aliphatic rings. The van der Waals surface area contributed by atoms with Crippen molar-refractivity contribution in [3.63, 3.8) is 0 Å². The molecule has 1 saturated carbocycles.